The molecule has 146 valence electrons. The van der Waals surface area contributed by atoms with Crippen molar-refractivity contribution in [1.82, 2.24) is 10.3 Å². The van der Waals surface area contributed by atoms with Crippen molar-refractivity contribution >= 4 is 47.3 Å². The van der Waals surface area contributed by atoms with Gasteiger partial charge in [-0.1, -0.05) is 48.0 Å². The first-order chi connectivity index (χ1) is 11.8. The summed E-state index contributed by atoms with van der Waals surface area (Å²) in [6.07, 6.45) is 0. The van der Waals surface area contributed by atoms with Gasteiger partial charge in [0.2, 0.25) is 0 Å². The van der Waals surface area contributed by atoms with Gasteiger partial charge in [-0.15, -0.1) is 24.8 Å². The zero-order chi connectivity index (χ0) is 18.0. The molecule has 0 aliphatic rings. The van der Waals surface area contributed by atoms with Crippen molar-refractivity contribution in [2.75, 3.05) is 0 Å². The molecule has 0 saturated carbocycles. The van der Waals surface area contributed by atoms with Gasteiger partial charge in [0.05, 0.1) is 11.2 Å². The van der Waals surface area contributed by atoms with E-state index in [1.54, 1.807) is 0 Å². The number of aromatic nitrogens is 1. The number of rotatable bonds is 5. The maximum Gasteiger partial charge on any atom is 0.0727 e. The van der Waals surface area contributed by atoms with Crippen LogP contribution in [0.1, 0.15) is 26.3 Å². The summed E-state index contributed by atoms with van der Waals surface area (Å²) in [5.74, 6) is 0. The number of nitrogens with two attached hydrogens (primary N) is 1. The predicted molar refractivity (Wildman–Crippen MR) is 121 cm³/mol. The molecule has 3 N–H and O–H groups in total. The lowest BCUT2D eigenvalue weighted by Crippen LogP contribution is -2.50. The number of nitrogens with zero attached hydrogens (tertiary/aromatic N) is 1. The molecule has 0 spiro atoms. The second-order valence-corrected chi connectivity index (χ2v) is 7.55. The minimum atomic E-state index is -0.283. The topological polar surface area (TPSA) is 50.9 Å². The summed E-state index contributed by atoms with van der Waals surface area (Å²) in [7, 11) is 0. The van der Waals surface area contributed by atoms with Crippen molar-refractivity contribution in [2.45, 2.75) is 38.9 Å². The molecule has 1 unspecified atom stereocenters. The Morgan fingerprint density at radius 3 is 2.37 bits per heavy atom. The maximum absolute atomic E-state index is 6.20. The van der Waals surface area contributed by atoms with Crippen molar-refractivity contribution in [1.29, 1.82) is 0 Å². The lowest BCUT2D eigenvalue weighted by atomic mass is 9.97. The first-order valence-corrected chi connectivity index (χ1v) is 8.89. The molecular formula is C21H26Cl3N3. The summed E-state index contributed by atoms with van der Waals surface area (Å²) in [6, 6.07) is 18.4. The van der Waals surface area contributed by atoms with Gasteiger partial charge in [0.1, 0.15) is 0 Å². The molecule has 2 aromatic carbocycles. The fourth-order valence-electron chi connectivity index (χ4n) is 2.70. The van der Waals surface area contributed by atoms with E-state index in [4.69, 9.17) is 22.3 Å². The zero-order valence-corrected chi connectivity index (χ0v) is 18.1. The fourth-order valence-corrected chi connectivity index (χ4v) is 2.87. The van der Waals surface area contributed by atoms with Crippen molar-refractivity contribution in [3.8, 4) is 11.3 Å². The maximum atomic E-state index is 6.20. The van der Waals surface area contributed by atoms with E-state index in [0.717, 1.165) is 28.7 Å². The van der Waals surface area contributed by atoms with Crippen molar-refractivity contribution < 1.29 is 0 Å². The van der Waals surface area contributed by atoms with Crippen LogP contribution in [0.3, 0.4) is 0 Å². The second-order valence-electron chi connectivity index (χ2n) is 7.12. The molecule has 0 aliphatic heterocycles. The quantitative estimate of drug-likeness (QED) is 0.557. The Balaban J connectivity index is 0.00000182. The average molecular weight is 427 g/mol. The van der Waals surface area contributed by atoms with E-state index < -0.39 is 0 Å². The molecule has 3 rings (SSSR count). The highest BCUT2D eigenvalue weighted by molar-refractivity contribution is 6.31. The number of nitrogens with one attached hydrogen (secondary N) is 1. The second kappa shape index (κ2) is 9.72. The van der Waals surface area contributed by atoms with E-state index in [2.05, 4.69) is 30.4 Å². The lowest BCUT2D eigenvalue weighted by Gasteiger charge is -2.28. The van der Waals surface area contributed by atoms with E-state index in [-0.39, 0.29) is 36.4 Å². The predicted octanol–water partition coefficient (Wildman–Crippen LogP) is 5.61. The molecular weight excluding hydrogens is 401 g/mol. The van der Waals surface area contributed by atoms with Crippen LogP contribution >= 0.6 is 36.4 Å². The third-order valence-corrected chi connectivity index (χ3v) is 4.88. The van der Waals surface area contributed by atoms with Crippen LogP contribution in [0.4, 0.5) is 0 Å². The first-order valence-electron chi connectivity index (χ1n) is 8.51. The van der Waals surface area contributed by atoms with Crippen LogP contribution in [-0.4, -0.2) is 16.6 Å². The fraction of sp³-hybridized carbons (Fsp3) is 0.286. The van der Waals surface area contributed by atoms with Gasteiger partial charge in [-0.05, 0) is 44.5 Å². The third-order valence-electron chi connectivity index (χ3n) is 4.64. The molecule has 0 aliphatic carbocycles. The SMILES string of the molecule is CC(NCc1cc(-c2ccccc2)nc2cc(Cl)ccc12)C(C)(C)N.Cl.Cl. The molecule has 3 nitrogen and oxygen atoms in total. The Kier molecular flexibility index (Phi) is 8.52. The average Bonchev–Trinajstić information content (AvgIpc) is 2.58. The van der Waals surface area contributed by atoms with Crippen molar-refractivity contribution in [3.63, 3.8) is 0 Å². The number of benzene rings is 2. The van der Waals surface area contributed by atoms with E-state index in [9.17, 15) is 0 Å². The lowest BCUT2D eigenvalue weighted by molar-refractivity contribution is 0.362. The largest absolute Gasteiger partial charge is 0.324 e. The summed E-state index contributed by atoms with van der Waals surface area (Å²) >= 11 is 6.18. The summed E-state index contributed by atoms with van der Waals surface area (Å²) in [6.45, 7) is 6.90. The normalized spacial score (nSPS) is 12.2. The molecule has 3 aromatic rings. The number of pyridine rings is 1. The van der Waals surface area contributed by atoms with Gasteiger partial charge in [0, 0.05) is 34.1 Å². The molecule has 1 aromatic heterocycles. The summed E-state index contributed by atoms with van der Waals surface area (Å²) in [5, 5.41) is 5.34. The highest BCUT2D eigenvalue weighted by Crippen LogP contribution is 2.27. The van der Waals surface area contributed by atoms with Crippen LogP contribution in [0.2, 0.25) is 5.02 Å². The highest BCUT2D eigenvalue weighted by Gasteiger charge is 2.20. The van der Waals surface area contributed by atoms with Gasteiger partial charge in [-0.2, -0.15) is 0 Å². The molecule has 1 heterocycles. The van der Waals surface area contributed by atoms with Gasteiger partial charge in [-0.25, -0.2) is 4.98 Å². The number of fused-ring (bicyclic) bond motifs is 1. The van der Waals surface area contributed by atoms with Crippen LogP contribution in [0, 0.1) is 0 Å². The van der Waals surface area contributed by atoms with Crippen LogP contribution in [0.15, 0.2) is 54.6 Å². The Morgan fingerprint density at radius 2 is 1.74 bits per heavy atom. The van der Waals surface area contributed by atoms with Crippen LogP contribution in [-0.2, 0) is 6.54 Å². The molecule has 0 fully saturated rings. The monoisotopic (exact) mass is 425 g/mol. The molecule has 0 saturated heterocycles. The summed E-state index contributed by atoms with van der Waals surface area (Å²) in [5.41, 5.74) is 10.1. The highest BCUT2D eigenvalue weighted by atomic mass is 35.5. The van der Waals surface area contributed by atoms with E-state index in [0.29, 0.717) is 5.02 Å². The minimum absolute atomic E-state index is 0. The minimum Gasteiger partial charge on any atom is -0.324 e. The van der Waals surface area contributed by atoms with Gasteiger partial charge in [0.15, 0.2) is 0 Å². The Hall–Kier alpha value is -1.36. The number of halogens is 3. The third kappa shape index (κ3) is 5.81. The first kappa shape index (κ1) is 23.7. The van der Waals surface area contributed by atoms with Crippen molar-refractivity contribution in [3.05, 3.63) is 65.2 Å². The smallest absolute Gasteiger partial charge is 0.0727 e. The molecule has 0 bridgehead atoms. The van der Waals surface area contributed by atoms with Gasteiger partial charge >= 0.3 is 0 Å². The van der Waals surface area contributed by atoms with E-state index in [1.165, 1.54) is 5.56 Å². The van der Waals surface area contributed by atoms with Gasteiger partial charge in [0.25, 0.3) is 0 Å². The molecule has 27 heavy (non-hydrogen) atoms. The van der Waals surface area contributed by atoms with Gasteiger partial charge < -0.3 is 11.1 Å². The van der Waals surface area contributed by atoms with Crippen LogP contribution < -0.4 is 11.1 Å². The van der Waals surface area contributed by atoms with E-state index >= 15 is 0 Å². The molecule has 0 radical (unpaired) electrons. The van der Waals surface area contributed by atoms with E-state index in [1.807, 2.05) is 50.2 Å². The molecule has 1 atom stereocenters. The Morgan fingerprint density at radius 1 is 1.07 bits per heavy atom. The summed E-state index contributed by atoms with van der Waals surface area (Å²) in [4.78, 5) is 4.81. The standard InChI is InChI=1S/C21H24ClN3.2ClH/c1-14(21(2,3)23)24-13-16-11-19(15-7-5-4-6-8-15)25-20-12-17(22)9-10-18(16)20;;/h4-12,14,24H,13,23H2,1-3H3;2*1H. The zero-order valence-electron chi connectivity index (χ0n) is 15.7. The summed E-state index contributed by atoms with van der Waals surface area (Å²) < 4.78 is 0. The molecule has 6 heteroatoms. The molecule has 0 amide bonds. The number of hydrogen-bond donors (Lipinski definition) is 2. The Bertz CT molecular complexity index is 877. The Labute approximate surface area is 178 Å². The van der Waals surface area contributed by atoms with Crippen LogP contribution in [0.5, 0.6) is 0 Å². The van der Waals surface area contributed by atoms with Gasteiger partial charge in [-0.3, -0.25) is 0 Å². The van der Waals surface area contributed by atoms with Crippen LogP contribution in [0.25, 0.3) is 22.2 Å². The van der Waals surface area contributed by atoms with Crippen molar-refractivity contribution in [2.24, 2.45) is 5.73 Å². The number of hydrogen-bond acceptors (Lipinski definition) is 3.